The average molecular weight is 365 g/mol. The molecular formula is C10H15BrN5O5+. The molecule has 1 fully saturated rings. The fourth-order valence-electron chi connectivity index (χ4n) is 2.48. The lowest BCUT2D eigenvalue weighted by Gasteiger charge is -2.20. The fourth-order valence-corrected chi connectivity index (χ4v) is 3.05. The number of rotatable bonds is 2. The Morgan fingerprint density at radius 1 is 1.33 bits per heavy atom. The van der Waals surface area contributed by atoms with Crippen molar-refractivity contribution in [2.24, 2.45) is 5.73 Å². The average Bonchev–Trinajstić information content (AvgIpc) is 2.89. The molecule has 1 amide bonds. The van der Waals surface area contributed by atoms with Gasteiger partial charge in [0.2, 0.25) is 11.9 Å². The Kier molecular flexibility index (Phi) is 3.63. The number of ether oxygens (including phenoxy) is 1. The molecule has 2 aliphatic rings. The minimum Gasteiger partial charge on any atom is -0.394 e. The maximum absolute atomic E-state index is 11.9. The Morgan fingerprint density at radius 3 is 2.67 bits per heavy atom. The normalized spacial score (nSPS) is 35.3. The number of anilines is 1. The van der Waals surface area contributed by atoms with E-state index < -0.39 is 43.3 Å². The molecule has 0 spiro atoms. The Bertz CT molecular complexity index is 580. The maximum Gasteiger partial charge on any atom is 0.293 e. The molecule has 3 heterocycles. The number of aromatic nitrogens is 2. The van der Waals surface area contributed by atoms with Gasteiger partial charge in [-0.05, 0) is 0 Å². The number of amides is 1. The Morgan fingerprint density at radius 2 is 2.05 bits per heavy atom. The van der Waals surface area contributed by atoms with Crippen LogP contribution in [0.15, 0.2) is 4.73 Å². The number of aromatic amines is 1. The van der Waals surface area contributed by atoms with Gasteiger partial charge in [0.05, 0.1) is 6.61 Å². The number of carbonyl (C=O) groups is 1. The minimum absolute atomic E-state index is 0.210. The highest BCUT2D eigenvalue weighted by Gasteiger charge is 2.49. The minimum atomic E-state index is -1.27. The van der Waals surface area contributed by atoms with Gasteiger partial charge in [0.1, 0.15) is 18.3 Å². The molecule has 3 rings (SSSR count). The van der Waals surface area contributed by atoms with Crippen molar-refractivity contribution in [2.75, 3.05) is 11.9 Å². The first-order chi connectivity index (χ1) is 9.93. The number of nitrogens with two attached hydrogens (primary N) is 1. The number of fused-ring (bicyclic) bond motifs is 1. The van der Waals surface area contributed by atoms with Crippen LogP contribution in [0.5, 0.6) is 0 Å². The fraction of sp³-hybridized carbons (Fsp3) is 0.600. The van der Waals surface area contributed by atoms with Gasteiger partial charge in [-0.1, -0.05) is 0 Å². The number of aliphatic hydroxyl groups excluding tert-OH is 3. The van der Waals surface area contributed by atoms with Crippen molar-refractivity contribution in [3.63, 3.8) is 0 Å². The van der Waals surface area contributed by atoms with Crippen LogP contribution in [0.4, 0.5) is 5.82 Å². The second kappa shape index (κ2) is 5.19. The number of H-pyrrole nitrogens is 1. The number of nitrogens with one attached hydrogen (secondary N) is 3. The van der Waals surface area contributed by atoms with Crippen molar-refractivity contribution in [3.8, 4) is 0 Å². The third-order valence-corrected chi connectivity index (χ3v) is 4.08. The van der Waals surface area contributed by atoms with Gasteiger partial charge in [-0.2, -0.15) is 4.57 Å². The molecule has 11 heteroatoms. The van der Waals surface area contributed by atoms with E-state index in [1.165, 1.54) is 4.57 Å². The van der Waals surface area contributed by atoms with E-state index in [4.69, 9.17) is 15.6 Å². The van der Waals surface area contributed by atoms with E-state index in [1.54, 1.807) is 0 Å². The molecule has 1 aromatic rings. The van der Waals surface area contributed by atoms with E-state index in [0.29, 0.717) is 10.6 Å². The number of aliphatic hydroxyl groups is 3. The predicted octanol–water partition coefficient (Wildman–Crippen LogP) is -2.93. The van der Waals surface area contributed by atoms with Gasteiger partial charge in [-0.3, -0.25) is 20.8 Å². The summed E-state index contributed by atoms with van der Waals surface area (Å²) in [5, 5.41) is 34.4. The monoisotopic (exact) mass is 364 g/mol. The highest BCUT2D eigenvalue weighted by molar-refractivity contribution is 9.10. The highest BCUT2D eigenvalue weighted by atomic mass is 79.9. The van der Waals surface area contributed by atoms with Gasteiger partial charge in [-0.15, -0.1) is 0 Å². The van der Waals surface area contributed by atoms with Crippen molar-refractivity contribution in [1.82, 2.24) is 10.3 Å². The van der Waals surface area contributed by atoms with Gasteiger partial charge in [0.25, 0.3) is 16.5 Å². The van der Waals surface area contributed by atoms with Gasteiger partial charge in [0.15, 0.2) is 6.29 Å². The van der Waals surface area contributed by atoms with Gasteiger partial charge < -0.3 is 25.4 Å². The molecule has 0 bridgehead atoms. The van der Waals surface area contributed by atoms with Crippen LogP contribution in [0.3, 0.4) is 0 Å². The van der Waals surface area contributed by atoms with Crippen LogP contribution in [0.2, 0.25) is 0 Å². The second-order valence-electron chi connectivity index (χ2n) is 4.83. The smallest absolute Gasteiger partial charge is 0.293 e. The Balaban J connectivity index is 2.02. The van der Waals surface area contributed by atoms with E-state index in [-0.39, 0.29) is 5.69 Å². The Labute approximate surface area is 127 Å². The zero-order valence-corrected chi connectivity index (χ0v) is 12.2. The molecule has 0 radical (unpaired) electrons. The van der Waals surface area contributed by atoms with Crippen molar-refractivity contribution in [2.45, 2.75) is 30.8 Å². The summed E-state index contributed by atoms with van der Waals surface area (Å²) in [4.78, 5) is 14.6. The third kappa shape index (κ3) is 2.22. The molecule has 116 valence electrons. The van der Waals surface area contributed by atoms with Crippen LogP contribution in [0.1, 0.15) is 16.7 Å². The van der Waals surface area contributed by atoms with Crippen molar-refractivity contribution < 1.29 is 29.4 Å². The summed E-state index contributed by atoms with van der Waals surface area (Å²) in [7, 11) is 0. The van der Waals surface area contributed by atoms with Crippen LogP contribution in [-0.2, 0) is 4.74 Å². The van der Waals surface area contributed by atoms with Crippen LogP contribution in [0.25, 0.3) is 0 Å². The quantitative estimate of drug-likeness (QED) is 0.277. The molecule has 0 aromatic carbocycles. The molecular weight excluding hydrogens is 350 g/mol. The molecule has 8 N–H and O–H groups in total. The zero-order valence-electron chi connectivity index (χ0n) is 10.7. The number of halogens is 1. The van der Waals surface area contributed by atoms with E-state index in [9.17, 15) is 15.0 Å². The summed E-state index contributed by atoms with van der Waals surface area (Å²) in [5.41, 5.74) is 5.86. The van der Waals surface area contributed by atoms with E-state index in [0.717, 1.165) is 0 Å². The number of nitrogens with zero attached hydrogens (tertiary/aromatic N) is 1. The standard InChI is InChI=1S/C10H14BrN5O5/c11-9-13-3-6(14-10(12)15-7(3)20)16(9)8-5(19)4(18)2(1-17)21-8/h2,4-5,8,10,17-19H,1,12H2,(H2,14,15,20)/p+1/t2-,4+,5-,8+,10-/m0/s1. The number of hydrogen-bond donors (Lipinski definition) is 7. The summed E-state index contributed by atoms with van der Waals surface area (Å²) in [6, 6.07) is 0. The van der Waals surface area contributed by atoms with Crippen LogP contribution < -0.4 is 20.9 Å². The Hall–Kier alpha value is -1.24. The molecule has 0 aliphatic carbocycles. The number of hydrogen-bond acceptors (Lipinski definition) is 7. The second-order valence-corrected chi connectivity index (χ2v) is 5.58. The summed E-state index contributed by atoms with van der Waals surface area (Å²) >= 11 is 3.24. The highest BCUT2D eigenvalue weighted by Crippen LogP contribution is 2.29. The number of carbonyl (C=O) groups excluding carboxylic acids is 1. The third-order valence-electron chi connectivity index (χ3n) is 3.49. The lowest BCUT2D eigenvalue weighted by atomic mass is 10.1. The molecule has 21 heavy (non-hydrogen) atoms. The number of imidazole rings is 1. The molecule has 10 nitrogen and oxygen atoms in total. The van der Waals surface area contributed by atoms with Gasteiger partial charge >= 0.3 is 0 Å². The topological polar surface area (TPSA) is 157 Å². The van der Waals surface area contributed by atoms with Gasteiger partial charge in [0, 0.05) is 15.9 Å². The lowest BCUT2D eigenvalue weighted by molar-refractivity contribution is -0.762. The maximum atomic E-state index is 11.9. The molecule has 2 aliphatic heterocycles. The molecule has 1 saturated heterocycles. The van der Waals surface area contributed by atoms with Crippen molar-refractivity contribution >= 4 is 27.7 Å². The first-order valence-corrected chi connectivity index (χ1v) is 7.01. The molecule has 5 atom stereocenters. The van der Waals surface area contributed by atoms with Crippen LogP contribution >= 0.6 is 15.9 Å². The van der Waals surface area contributed by atoms with Crippen molar-refractivity contribution in [3.05, 3.63) is 10.4 Å². The summed E-state index contributed by atoms with van der Waals surface area (Å²) in [5.74, 6) is -0.101. The first-order valence-electron chi connectivity index (χ1n) is 6.22. The molecule has 1 aromatic heterocycles. The molecule has 0 saturated carbocycles. The first kappa shape index (κ1) is 14.7. The SMILES string of the molecule is N[C@@H]1NC(=O)c2[nH]c(Br)[n+]([C@@H]3O[C@@H](CO)[C@@H](O)[C@@H]3O)c2N1. The van der Waals surface area contributed by atoms with E-state index in [2.05, 4.69) is 31.5 Å². The van der Waals surface area contributed by atoms with Crippen molar-refractivity contribution in [1.29, 1.82) is 0 Å². The van der Waals surface area contributed by atoms with Gasteiger partial charge in [-0.25, -0.2) is 0 Å². The summed E-state index contributed by atoms with van der Waals surface area (Å²) in [6.45, 7) is -0.438. The van der Waals surface area contributed by atoms with Crippen LogP contribution in [-0.4, -0.2) is 57.4 Å². The van der Waals surface area contributed by atoms with E-state index >= 15 is 0 Å². The predicted molar refractivity (Wildman–Crippen MR) is 70.8 cm³/mol. The zero-order chi connectivity index (χ0) is 15.3. The largest absolute Gasteiger partial charge is 0.394 e. The van der Waals surface area contributed by atoms with E-state index in [1.807, 2.05) is 0 Å². The lowest BCUT2D eigenvalue weighted by Crippen LogP contribution is -2.56. The summed E-state index contributed by atoms with van der Waals surface area (Å²) < 4.78 is 7.22. The van der Waals surface area contributed by atoms with Crippen LogP contribution in [0, 0.1) is 0 Å². The summed E-state index contributed by atoms with van der Waals surface area (Å²) in [6.07, 6.45) is -5.21. The molecule has 0 unspecified atom stereocenters.